The van der Waals surface area contributed by atoms with Crippen molar-refractivity contribution in [2.45, 2.75) is 12.8 Å². The zero-order valence-electron chi connectivity index (χ0n) is 6.94. The maximum absolute atomic E-state index is 5.91. The van der Waals surface area contributed by atoms with Crippen LogP contribution < -0.4 is 0 Å². The SMILES string of the molecule is CSCCC1(CCl)CCOC1. The van der Waals surface area contributed by atoms with Gasteiger partial charge < -0.3 is 4.74 Å². The van der Waals surface area contributed by atoms with Gasteiger partial charge in [-0.05, 0) is 24.9 Å². The minimum absolute atomic E-state index is 0.310. The second-order valence-electron chi connectivity index (χ2n) is 3.18. The normalized spacial score (nSPS) is 31.1. The van der Waals surface area contributed by atoms with Crippen molar-refractivity contribution in [1.82, 2.24) is 0 Å². The molecule has 3 heteroatoms. The molecule has 1 unspecified atom stereocenters. The van der Waals surface area contributed by atoms with Gasteiger partial charge in [0.15, 0.2) is 0 Å². The number of alkyl halides is 1. The molecule has 0 aliphatic carbocycles. The Bertz CT molecular complexity index is 113. The topological polar surface area (TPSA) is 9.23 Å². The third-order valence-electron chi connectivity index (χ3n) is 2.30. The van der Waals surface area contributed by atoms with Gasteiger partial charge in [-0.15, -0.1) is 11.6 Å². The van der Waals surface area contributed by atoms with Gasteiger partial charge in [0.2, 0.25) is 0 Å². The van der Waals surface area contributed by atoms with Gasteiger partial charge in [-0.25, -0.2) is 0 Å². The maximum atomic E-state index is 5.91. The molecular weight excluding hydrogens is 180 g/mol. The molecule has 1 heterocycles. The molecule has 1 fully saturated rings. The van der Waals surface area contributed by atoms with E-state index < -0.39 is 0 Å². The first-order valence-electron chi connectivity index (χ1n) is 3.96. The monoisotopic (exact) mass is 194 g/mol. The molecule has 0 N–H and O–H groups in total. The fourth-order valence-electron chi connectivity index (χ4n) is 1.34. The smallest absolute Gasteiger partial charge is 0.0535 e. The van der Waals surface area contributed by atoms with Gasteiger partial charge >= 0.3 is 0 Å². The van der Waals surface area contributed by atoms with Gasteiger partial charge in [0.05, 0.1) is 6.61 Å². The van der Waals surface area contributed by atoms with Crippen molar-refractivity contribution < 1.29 is 4.74 Å². The Kier molecular flexibility index (Phi) is 4.04. The summed E-state index contributed by atoms with van der Waals surface area (Å²) in [6, 6.07) is 0. The van der Waals surface area contributed by atoms with E-state index in [-0.39, 0.29) is 0 Å². The van der Waals surface area contributed by atoms with E-state index in [2.05, 4.69) is 6.26 Å². The average Bonchev–Trinajstić information content (AvgIpc) is 2.50. The van der Waals surface area contributed by atoms with Crippen molar-refractivity contribution in [3.63, 3.8) is 0 Å². The Morgan fingerprint density at radius 2 is 2.45 bits per heavy atom. The van der Waals surface area contributed by atoms with Gasteiger partial charge in [0, 0.05) is 17.9 Å². The number of hydrogen-bond donors (Lipinski definition) is 0. The highest BCUT2D eigenvalue weighted by atomic mass is 35.5. The molecule has 1 rings (SSSR count). The Morgan fingerprint density at radius 1 is 1.64 bits per heavy atom. The Labute approximate surface area is 77.8 Å². The van der Waals surface area contributed by atoms with Crippen LogP contribution in [0.25, 0.3) is 0 Å². The minimum Gasteiger partial charge on any atom is -0.381 e. The Balaban J connectivity index is 2.33. The zero-order chi connectivity index (χ0) is 8.16. The van der Waals surface area contributed by atoms with Gasteiger partial charge in [0.1, 0.15) is 0 Å². The zero-order valence-corrected chi connectivity index (χ0v) is 8.51. The van der Waals surface area contributed by atoms with E-state index in [1.54, 1.807) is 0 Å². The summed E-state index contributed by atoms with van der Waals surface area (Å²) in [6.07, 6.45) is 4.49. The van der Waals surface area contributed by atoms with Crippen LogP contribution in [0.2, 0.25) is 0 Å². The maximum Gasteiger partial charge on any atom is 0.0535 e. The van der Waals surface area contributed by atoms with Crippen LogP contribution in [0.1, 0.15) is 12.8 Å². The summed E-state index contributed by atoms with van der Waals surface area (Å²) in [5.41, 5.74) is 0.310. The van der Waals surface area contributed by atoms with Crippen molar-refractivity contribution in [3.8, 4) is 0 Å². The predicted octanol–water partition coefficient (Wildman–Crippen LogP) is 2.39. The quantitative estimate of drug-likeness (QED) is 0.636. The minimum atomic E-state index is 0.310. The lowest BCUT2D eigenvalue weighted by molar-refractivity contribution is 0.159. The highest BCUT2D eigenvalue weighted by molar-refractivity contribution is 7.98. The van der Waals surface area contributed by atoms with Crippen LogP contribution in [0.3, 0.4) is 0 Å². The summed E-state index contributed by atoms with van der Waals surface area (Å²) in [4.78, 5) is 0. The van der Waals surface area contributed by atoms with Crippen molar-refractivity contribution in [3.05, 3.63) is 0 Å². The van der Waals surface area contributed by atoms with Crippen molar-refractivity contribution in [2.75, 3.05) is 31.1 Å². The highest BCUT2D eigenvalue weighted by Crippen LogP contribution is 2.34. The molecule has 1 saturated heterocycles. The molecule has 1 atom stereocenters. The first-order valence-corrected chi connectivity index (χ1v) is 5.88. The molecule has 0 aromatic heterocycles. The van der Waals surface area contributed by atoms with E-state index in [1.807, 2.05) is 11.8 Å². The molecule has 1 aliphatic heterocycles. The highest BCUT2D eigenvalue weighted by Gasteiger charge is 2.33. The van der Waals surface area contributed by atoms with Crippen LogP contribution in [0.15, 0.2) is 0 Å². The molecule has 0 aromatic carbocycles. The molecule has 11 heavy (non-hydrogen) atoms. The van der Waals surface area contributed by atoms with E-state index in [0.29, 0.717) is 5.41 Å². The van der Waals surface area contributed by atoms with Gasteiger partial charge in [-0.1, -0.05) is 0 Å². The predicted molar refractivity (Wildman–Crippen MR) is 51.6 cm³/mol. The second-order valence-corrected chi connectivity index (χ2v) is 4.43. The third kappa shape index (κ3) is 2.53. The molecule has 66 valence electrons. The summed E-state index contributed by atoms with van der Waals surface area (Å²) in [7, 11) is 0. The summed E-state index contributed by atoms with van der Waals surface area (Å²) in [6.45, 7) is 1.78. The molecule has 0 spiro atoms. The number of thioether (sulfide) groups is 1. The van der Waals surface area contributed by atoms with Gasteiger partial charge in [-0.3, -0.25) is 0 Å². The summed E-state index contributed by atoms with van der Waals surface area (Å²) >= 11 is 7.80. The van der Waals surface area contributed by atoms with E-state index in [1.165, 1.54) is 12.2 Å². The molecule has 0 amide bonds. The summed E-state index contributed by atoms with van der Waals surface area (Å²) in [5.74, 6) is 1.96. The number of ether oxygens (including phenoxy) is 1. The molecule has 1 nitrogen and oxygen atoms in total. The van der Waals surface area contributed by atoms with Crippen LogP contribution >= 0.6 is 23.4 Å². The molecule has 0 bridgehead atoms. The first kappa shape index (κ1) is 9.69. The molecule has 1 aliphatic rings. The average molecular weight is 195 g/mol. The molecule has 0 saturated carbocycles. The van der Waals surface area contributed by atoms with Crippen LogP contribution in [0.5, 0.6) is 0 Å². The third-order valence-corrected chi connectivity index (χ3v) is 3.48. The molecular formula is C8H15ClOS. The van der Waals surface area contributed by atoms with Gasteiger partial charge in [0.25, 0.3) is 0 Å². The second kappa shape index (κ2) is 4.58. The first-order chi connectivity index (χ1) is 5.33. The lowest BCUT2D eigenvalue weighted by atomic mass is 9.87. The number of halogens is 1. The lowest BCUT2D eigenvalue weighted by Crippen LogP contribution is -2.23. The lowest BCUT2D eigenvalue weighted by Gasteiger charge is -2.23. The largest absolute Gasteiger partial charge is 0.381 e. The fourth-order valence-corrected chi connectivity index (χ4v) is 2.32. The van der Waals surface area contributed by atoms with E-state index >= 15 is 0 Å². The number of hydrogen-bond acceptors (Lipinski definition) is 2. The van der Waals surface area contributed by atoms with E-state index in [0.717, 1.165) is 25.5 Å². The van der Waals surface area contributed by atoms with Crippen molar-refractivity contribution in [2.24, 2.45) is 5.41 Å². The van der Waals surface area contributed by atoms with Crippen LogP contribution in [-0.2, 0) is 4.74 Å². The standard InChI is InChI=1S/C8H15ClOS/c1-11-5-3-8(6-9)2-4-10-7-8/h2-7H2,1H3. The van der Waals surface area contributed by atoms with Gasteiger partial charge in [-0.2, -0.15) is 11.8 Å². The van der Waals surface area contributed by atoms with E-state index in [9.17, 15) is 0 Å². The van der Waals surface area contributed by atoms with Crippen LogP contribution in [-0.4, -0.2) is 31.1 Å². The van der Waals surface area contributed by atoms with E-state index in [4.69, 9.17) is 16.3 Å². The summed E-state index contributed by atoms with van der Waals surface area (Å²) < 4.78 is 5.35. The Morgan fingerprint density at radius 3 is 2.91 bits per heavy atom. The van der Waals surface area contributed by atoms with Crippen molar-refractivity contribution in [1.29, 1.82) is 0 Å². The molecule has 0 aromatic rings. The molecule has 0 radical (unpaired) electrons. The van der Waals surface area contributed by atoms with Crippen LogP contribution in [0.4, 0.5) is 0 Å². The fraction of sp³-hybridized carbons (Fsp3) is 1.00. The number of rotatable bonds is 4. The van der Waals surface area contributed by atoms with Crippen LogP contribution in [0, 0.1) is 5.41 Å². The summed E-state index contributed by atoms with van der Waals surface area (Å²) in [5, 5.41) is 0. The van der Waals surface area contributed by atoms with Crippen molar-refractivity contribution >= 4 is 23.4 Å². The Hall–Kier alpha value is 0.600.